The fourth-order valence-electron chi connectivity index (χ4n) is 1.37. The summed E-state index contributed by atoms with van der Waals surface area (Å²) in [6.07, 6.45) is 3.17. The summed E-state index contributed by atoms with van der Waals surface area (Å²) in [7, 11) is 0. The van der Waals surface area contributed by atoms with E-state index in [0.717, 1.165) is 16.8 Å². The van der Waals surface area contributed by atoms with Crippen LogP contribution in [0.1, 0.15) is 11.1 Å². The molecule has 15 heavy (non-hydrogen) atoms. The van der Waals surface area contributed by atoms with Gasteiger partial charge in [-0.15, -0.1) is 0 Å². The maximum Gasteiger partial charge on any atom is 0.223 e. The summed E-state index contributed by atoms with van der Waals surface area (Å²) < 4.78 is 0. The second-order valence-electron chi connectivity index (χ2n) is 3.35. The van der Waals surface area contributed by atoms with Crippen molar-refractivity contribution in [1.82, 2.24) is 19.9 Å². The fraction of sp³-hybridized carbons (Fsp3) is 0.200. The molecule has 2 aromatic heterocycles. The minimum absolute atomic E-state index is 0.210. The van der Waals surface area contributed by atoms with Crippen LogP contribution in [0.25, 0.3) is 11.5 Å². The van der Waals surface area contributed by atoms with Gasteiger partial charge in [-0.3, -0.25) is 4.98 Å². The van der Waals surface area contributed by atoms with Crippen molar-refractivity contribution < 1.29 is 0 Å². The Bertz CT molecular complexity index is 495. The van der Waals surface area contributed by atoms with Crippen molar-refractivity contribution in [1.29, 1.82) is 0 Å². The zero-order valence-corrected chi connectivity index (χ0v) is 8.60. The summed E-state index contributed by atoms with van der Waals surface area (Å²) in [5.41, 5.74) is 8.37. The van der Waals surface area contributed by atoms with Crippen molar-refractivity contribution >= 4 is 5.95 Å². The summed E-state index contributed by atoms with van der Waals surface area (Å²) in [5, 5.41) is 0. The molecule has 2 heterocycles. The summed E-state index contributed by atoms with van der Waals surface area (Å²) in [4.78, 5) is 16.1. The van der Waals surface area contributed by atoms with Gasteiger partial charge in [-0.05, 0) is 25.0 Å². The van der Waals surface area contributed by atoms with E-state index in [4.69, 9.17) is 5.73 Å². The zero-order chi connectivity index (χ0) is 10.8. The molecule has 0 radical (unpaired) electrons. The number of aromatic nitrogens is 4. The largest absolute Gasteiger partial charge is 0.368 e. The first-order chi connectivity index (χ1) is 7.16. The molecule has 0 aliphatic carbocycles. The highest BCUT2D eigenvalue weighted by molar-refractivity contribution is 5.55. The summed E-state index contributed by atoms with van der Waals surface area (Å²) in [5.74, 6) is 0.724. The molecule has 0 bridgehead atoms. The Hall–Kier alpha value is -2.04. The molecule has 0 fully saturated rings. The third-order valence-corrected chi connectivity index (χ3v) is 2.02. The molecule has 2 aromatic rings. The highest BCUT2D eigenvalue weighted by Crippen LogP contribution is 2.17. The van der Waals surface area contributed by atoms with Gasteiger partial charge in [-0.2, -0.15) is 4.98 Å². The van der Waals surface area contributed by atoms with Gasteiger partial charge < -0.3 is 5.73 Å². The molecule has 0 unspecified atom stereocenters. The molecule has 0 saturated heterocycles. The fourth-order valence-corrected chi connectivity index (χ4v) is 1.37. The second kappa shape index (κ2) is 3.61. The average Bonchev–Trinajstić information content (AvgIpc) is 2.17. The summed E-state index contributed by atoms with van der Waals surface area (Å²) in [6, 6.07) is 2.03. The number of aryl methyl sites for hydroxylation is 2. The number of hydrogen-bond acceptors (Lipinski definition) is 5. The molecule has 0 atom stereocenters. The maximum absolute atomic E-state index is 5.49. The van der Waals surface area contributed by atoms with Gasteiger partial charge in [-0.25, -0.2) is 9.97 Å². The molecule has 5 nitrogen and oxygen atoms in total. The van der Waals surface area contributed by atoms with Gasteiger partial charge in [0.15, 0.2) is 5.82 Å². The lowest BCUT2D eigenvalue weighted by Gasteiger charge is -2.03. The van der Waals surface area contributed by atoms with Crippen LogP contribution in [0.4, 0.5) is 5.95 Å². The van der Waals surface area contributed by atoms with Crippen LogP contribution in [-0.2, 0) is 0 Å². The van der Waals surface area contributed by atoms with Crippen LogP contribution in [0, 0.1) is 13.8 Å². The minimum Gasteiger partial charge on any atom is -0.368 e. The van der Waals surface area contributed by atoms with Crippen LogP contribution in [-0.4, -0.2) is 19.9 Å². The molecule has 0 aliphatic heterocycles. The van der Waals surface area contributed by atoms with Crippen LogP contribution in [0.15, 0.2) is 18.6 Å². The SMILES string of the molecule is Cc1cnc(-c2ncnc(N)n2)c(C)c1. The lowest BCUT2D eigenvalue weighted by Crippen LogP contribution is -2.00. The van der Waals surface area contributed by atoms with Crippen molar-refractivity contribution in [2.75, 3.05) is 5.73 Å². The number of hydrogen-bond donors (Lipinski definition) is 1. The van der Waals surface area contributed by atoms with Crippen molar-refractivity contribution in [3.05, 3.63) is 29.7 Å². The van der Waals surface area contributed by atoms with E-state index < -0.39 is 0 Å². The van der Waals surface area contributed by atoms with E-state index in [1.807, 2.05) is 19.9 Å². The van der Waals surface area contributed by atoms with Crippen molar-refractivity contribution in [3.63, 3.8) is 0 Å². The van der Waals surface area contributed by atoms with Crippen molar-refractivity contribution in [2.24, 2.45) is 0 Å². The quantitative estimate of drug-likeness (QED) is 0.748. The lowest BCUT2D eigenvalue weighted by molar-refractivity contribution is 1.05. The lowest BCUT2D eigenvalue weighted by atomic mass is 10.1. The van der Waals surface area contributed by atoms with Crippen LogP contribution < -0.4 is 5.73 Å². The number of rotatable bonds is 1. The third-order valence-electron chi connectivity index (χ3n) is 2.02. The Morgan fingerprint density at radius 2 is 1.93 bits per heavy atom. The van der Waals surface area contributed by atoms with E-state index in [1.54, 1.807) is 6.20 Å². The normalized spacial score (nSPS) is 10.3. The highest BCUT2D eigenvalue weighted by atomic mass is 15.1. The standard InChI is InChI=1S/C10H11N5/c1-6-3-7(2)8(12-4-6)9-13-5-14-10(11)15-9/h3-5H,1-2H3,(H2,11,13,14,15). The van der Waals surface area contributed by atoms with E-state index in [1.165, 1.54) is 6.33 Å². The summed E-state index contributed by atoms with van der Waals surface area (Å²) in [6.45, 7) is 3.96. The number of anilines is 1. The number of nitrogens with zero attached hydrogens (tertiary/aromatic N) is 4. The van der Waals surface area contributed by atoms with Crippen LogP contribution in [0.5, 0.6) is 0 Å². The molecule has 0 spiro atoms. The molecule has 2 N–H and O–H groups in total. The Kier molecular flexibility index (Phi) is 2.29. The molecule has 0 aliphatic rings. The Morgan fingerprint density at radius 1 is 1.13 bits per heavy atom. The molecule has 76 valence electrons. The smallest absolute Gasteiger partial charge is 0.223 e. The van der Waals surface area contributed by atoms with Gasteiger partial charge in [0.25, 0.3) is 0 Å². The topological polar surface area (TPSA) is 77.6 Å². The Morgan fingerprint density at radius 3 is 2.60 bits per heavy atom. The van der Waals surface area contributed by atoms with Gasteiger partial charge in [0.05, 0.1) is 0 Å². The number of pyridine rings is 1. The van der Waals surface area contributed by atoms with Gasteiger partial charge in [0.2, 0.25) is 5.95 Å². The number of nitrogens with two attached hydrogens (primary N) is 1. The van der Waals surface area contributed by atoms with Crippen molar-refractivity contribution in [3.8, 4) is 11.5 Å². The molecule has 0 amide bonds. The molecule has 5 heteroatoms. The molecular weight excluding hydrogens is 190 g/mol. The molecular formula is C10H11N5. The van der Waals surface area contributed by atoms with E-state index in [2.05, 4.69) is 19.9 Å². The molecule has 2 rings (SSSR count). The highest BCUT2D eigenvalue weighted by Gasteiger charge is 2.07. The van der Waals surface area contributed by atoms with Gasteiger partial charge in [-0.1, -0.05) is 6.07 Å². The predicted molar refractivity (Wildman–Crippen MR) is 56.9 cm³/mol. The van der Waals surface area contributed by atoms with Gasteiger partial charge in [0.1, 0.15) is 12.0 Å². The van der Waals surface area contributed by atoms with E-state index in [-0.39, 0.29) is 5.95 Å². The maximum atomic E-state index is 5.49. The second-order valence-corrected chi connectivity index (χ2v) is 3.35. The van der Waals surface area contributed by atoms with Gasteiger partial charge >= 0.3 is 0 Å². The Labute approximate surface area is 87.4 Å². The first-order valence-electron chi connectivity index (χ1n) is 4.55. The van der Waals surface area contributed by atoms with Crippen LogP contribution >= 0.6 is 0 Å². The third kappa shape index (κ3) is 1.90. The Balaban J connectivity index is 2.54. The van der Waals surface area contributed by atoms with E-state index >= 15 is 0 Å². The van der Waals surface area contributed by atoms with Crippen LogP contribution in [0.3, 0.4) is 0 Å². The number of nitrogen functional groups attached to an aromatic ring is 1. The van der Waals surface area contributed by atoms with Crippen molar-refractivity contribution in [2.45, 2.75) is 13.8 Å². The predicted octanol–water partition coefficient (Wildman–Crippen LogP) is 1.13. The van der Waals surface area contributed by atoms with Crippen LogP contribution in [0.2, 0.25) is 0 Å². The summed E-state index contributed by atoms with van der Waals surface area (Å²) >= 11 is 0. The molecule has 0 saturated carbocycles. The van der Waals surface area contributed by atoms with Gasteiger partial charge in [0, 0.05) is 6.20 Å². The first-order valence-corrected chi connectivity index (χ1v) is 4.55. The first kappa shape index (κ1) is 9.51. The average molecular weight is 201 g/mol. The minimum atomic E-state index is 0.210. The van der Waals surface area contributed by atoms with E-state index in [9.17, 15) is 0 Å². The van der Waals surface area contributed by atoms with E-state index in [0.29, 0.717) is 5.82 Å². The monoisotopic (exact) mass is 201 g/mol. The molecule has 0 aromatic carbocycles. The zero-order valence-electron chi connectivity index (χ0n) is 8.60.